The van der Waals surface area contributed by atoms with E-state index in [1.54, 1.807) is 0 Å². The van der Waals surface area contributed by atoms with Crippen LogP contribution in [0.3, 0.4) is 0 Å². The van der Waals surface area contributed by atoms with Gasteiger partial charge < -0.3 is 20.4 Å². The van der Waals surface area contributed by atoms with Crippen molar-refractivity contribution in [1.29, 1.82) is 0 Å². The molecule has 0 aromatic heterocycles. The van der Waals surface area contributed by atoms with Gasteiger partial charge in [-0.3, -0.25) is 0 Å². The molecule has 4 nitrogen and oxygen atoms in total. The quantitative estimate of drug-likeness (QED) is 0.444. The van der Waals surface area contributed by atoms with E-state index < -0.39 is 23.2 Å². The Morgan fingerprint density at radius 3 is 2.06 bits per heavy atom. The molecule has 11 atom stereocenters. The van der Waals surface area contributed by atoms with E-state index in [0.717, 1.165) is 57.8 Å². The topological polar surface area (TPSA) is 80.9 Å². The van der Waals surface area contributed by atoms with E-state index in [4.69, 9.17) is 0 Å². The first-order valence-corrected chi connectivity index (χ1v) is 14.3. The molecule has 0 amide bonds. The smallest absolute Gasteiger partial charge is 0.0625 e. The third-order valence-corrected chi connectivity index (χ3v) is 13.7. The predicted molar refractivity (Wildman–Crippen MR) is 135 cm³/mol. The zero-order valence-corrected chi connectivity index (χ0v) is 22.9. The van der Waals surface area contributed by atoms with Gasteiger partial charge >= 0.3 is 0 Å². The fraction of sp³-hybridized carbons (Fsp3) is 1.00. The van der Waals surface area contributed by atoms with Crippen LogP contribution in [-0.4, -0.2) is 44.8 Å². The van der Waals surface area contributed by atoms with Crippen molar-refractivity contribution in [2.45, 2.75) is 124 Å². The lowest BCUT2D eigenvalue weighted by molar-refractivity contribution is -0.304. The van der Waals surface area contributed by atoms with Crippen molar-refractivity contribution in [2.75, 3.05) is 6.61 Å². The van der Waals surface area contributed by atoms with Crippen molar-refractivity contribution in [2.24, 2.45) is 56.7 Å². The molecule has 5 fully saturated rings. The van der Waals surface area contributed by atoms with Crippen LogP contribution in [0.15, 0.2) is 0 Å². The zero-order valence-electron chi connectivity index (χ0n) is 22.9. The highest BCUT2D eigenvalue weighted by Crippen LogP contribution is 2.78. The molecule has 5 rings (SSSR count). The van der Waals surface area contributed by atoms with Gasteiger partial charge in [0.1, 0.15) is 0 Å². The van der Waals surface area contributed by atoms with Gasteiger partial charge in [-0.25, -0.2) is 0 Å². The monoisotopic (exact) mass is 476 g/mol. The molecule has 0 unspecified atom stereocenters. The summed E-state index contributed by atoms with van der Waals surface area (Å²) in [6, 6.07) is 0. The normalized spacial score (nSPS) is 56.7. The van der Waals surface area contributed by atoms with Crippen molar-refractivity contribution in [1.82, 2.24) is 0 Å². The fourth-order valence-electron chi connectivity index (χ4n) is 12.0. The van der Waals surface area contributed by atoms with Gasteiger partial charge in [0.15, 0.2) is 0 Å². The molecule has 4 N–H and O–H groups in total. The molecular weight excluding hydrogens is 424 g/mol. The molecule has 4 heteroatoms. The van der Waals surface area contributed by atoms with Crippen LogP contribution in [0.5, 0.6) is 0 Å². The van der Waals surface area contributed by atoms with Crippen LogP contribution in [0.25, 0.3) is 0 Å². The highest BCUT2D eigenvalue weighted by Gasteiger charge is 2.74. The summed E-state index contributed by atoms with van der Waals surface area (Å²) in [6.45, 7) is 16.0. The Morgan fingerprint density at radius 2 is 1.44 bits per heavy atom. The summed E-state index contributed by atoms with van der Waals surface area (Å²) in [5, 5.41) is 45.6. The van der Waals surface area contributed by atoms with Crippen LogP contribution in [0.4, 0.5) is 0 Å². The maximum Gasteiger partial charge on any atom is 0.0625 e. The van der Waals surface area contributed by atoms with Crippen molar-refractivity contribution in [3.05, 3.63) is 0 Å². The predicted octanol–water partition coefficient (Wildman–Crippen LogP) is 5.16. The van der Waals surface area contributed by atoms with Gasteiger partial charge in [-0.1, -0.05) is 34.6 Å². The highest BCUT2D eigenvalue weighted by molar-refractivity contribution is 5.23. The van der Waals surface area contributed by atoms with Crippen molar-refractivity contribution in [3.8, 4) is 0 Å². The lowest BCUT2D eigenvalue weighted by Gasteiger charge is -2.74. The van der Waals surface area contributed by atoms with E-state index in [0.29, 0.717) is 17.8 Å². The maximum absolute atomic E-state index is 12.0. The second-order valence-electron chi connectivity index (χ2n) is 15.5. The molecular formula is C30H52O4. The second kappa shape index (κ2) is 7.45. The van der Waals surface area contributed by atoms with Crippen LogP contribution in [-0.2, 0) is 0 Å². The second-order valence-corrected chi connectivity index (χ2v) is 15.5. The first kappa shape index (κ1) is 25.5. The standard InChI is InChI=1S/C30H52O4/c1-25(2)12-11-23(33)30(17-31)21(25)10-15-29(7)24(30)20(32)16-22-27(5)13-8-18(26(3,4)34)19(27)9-14-28(22,29)6/h18-24,31-34H,8-17H2,1-7H3/t18-,19-,20+,21-,22+,23-,24-,27-,28+,29+,30+/m0/s1. The van der Waals surface area contributed by atoms with Crippen LogP contribution in [0.2, 0.25) is 0 Å². The van der Waals surface area contributed by atoms with Crippen LogP contribution >= 0.6 is 0 Å². The molecule has 0 aromatic rings. The SMILES string of the molecule is CC(C)(O)[C@H]1CC[C@]2(C)[C@H]3C[C@@H](O)[C@@H]4[C@@]5(CO)[C@@H](O)CCC(C)(C)[C@@H]5CC[C@@]4(C)[C@]3(C)CC[C@@H]12. The molecule has 5 aliphatic carbocycles. The van der Waals surface area contributed by atoms with Crippen molar-refractivity contribution in [3.63, 3.8) is 0 Å². The Labute approximate surface area is 207 Å². The minimum absolute atomic E-state index is 0.0268. The van der Waals surface area contributed by atoms with Crippen LogP contribution in [0, 0.1) is 56.7 Å². The molecule has 5 aliphatic rings. The number of fused-ring (bicyclic) bond motifs is 7. The largest absolute Gasteiger partial charge is 0.396 e. The summed E-state index contributed by atoms with van der Waals surface area (Å²) in [7, 11) is 0. The van der Waals surface area contributed by atoms with Gasteiger partial charge in [-0.2, -0.15) is 0 Å². The summed E-state index contributed by atoms with van der Waals surface area (Å²) in [5.41, 5.74) is -1.15. The summed E-state index contributed by atoms with van der Waals surface area (Å²) < 4.78 is 0. The molecule has 0 aliphatic heterocycles. The lowest BCUT2D eigenvalue weighted by Crippen LogP contribution is -2.73. The molecule has 0 saturated heterocycles. The minimum atomic E-state index is -0.660. The first-order chi connectivity index (χ1) is 15.6. The maximum atomic E-state index is 12.0. The zero-order chi connectivity index (χ0) is 25.1. The molecule has 196 valence electrons. The highest BCUT2D eigenvalue weighted by atomic mass is 16.3. The van der Waals surface area contributed by atoms with E-state index in [-0.39, 0.29) is 40.1 Å². The number of aliphatic hydroxyl groups excluding tert-OH is 3. The number of hydrogen-bond acceptors (Lipinski definition) is 4. The summed E-state index contributed by atoms with van der Waals surface area (Å²) in [6.07, 6.45) is 7.98. The lowest BCUT2D eigenvalue weighted by atomic mass is 9.31. The summed E-state index contributed by atoms with van der Waals surface area (Å²) in [5.74, 6) is 1.39. The average molecular weight is 477 g/mol. The molecule has 34 heavy (non-hydrogen) atoms. The van der Waals surface area contributed by atoms with E-state index in [1.165, 1.54) is 0 Å². The number of hydrogen-bond donors (Lipinski definition) is 4. The number of aliphatic hydroxyl groups is 4. The Kier molecular flexibility index (Phi) is 5.59. The summed E-state index contributed by atoms with van der Waals surface area (Å²) >= 11 is 0. The van der Waals surface area contributed by atoms with Gasteiger partial charge in [0.25, 0.3) is 0 Å². The van der Waals surface area contributed by atoms with Crippen molar-refractivity contribution < 1.29 is 20.4 Å². The molecule has 5 saturated carbocycles. The minimum Gasteiger partial charge on any atom is -0.396 e. The third kappa shape index (κ3) is 2.92. The molecule has 0 heterocycles. The van der Waals surface area contributed by atoms with Gasteiger partial charge in [-0.15, -0.1) is 0 Å². The van der Waals surface area contributed by atoms with Gasteiger partial charge in [0, 0.05) is 11.3 Å². The fourth-order valence-corrected chi connectivity index (χ4v) is 12.0. The van der Waals surface area contributed by atoms with Gasteiger partial charge in [0.2, 0.25) is 0 Å². The Bertz CT molecular complexity index is 817. The van der Waals surface area contributed by atoms with E-state index >= 15 is 0 Å². The van der Waals surface area contributed by atoms with E-state index in [2.05, 4.69) is 34.6 Å². The molecule has 0 bridgehead atoms. The average Bonchev–Trinajstić information content (AvgIpc) is 3.10. The van der Waals surface area contributed by atoms with E-state index in [9.17, 15) is 20.4 Å². The Balaban J connectivity index is 1.60. The Morgan fingerprint density at radius 1 is 0.794 bits per heavy atom. The first-order valence-electron chi connectivity index (χ1n) is 14.3. The third-order valence-electron chi connectivity index (χ3n) is 13.7. The van der Waals surface area contributed by atoms with Crippen LogP contribution < -0.4 is 0 Å². The molecule has 0 aromatic carbocycles. The summed E-state index contributed by atoms with van der Waals surface area (Å²) in [4.78, 5) is 0. The van der Waals surface area contributed by atoms with Crippen LogP contribution in [0.1, 0.15) is 106 Å². The van der Waals surface area contributed by atoms with Gasteiger partial charge in [-0.05, 0) is 117 Å². The molecule has 0 radical (unpaired) electrons. The Hall–Kier alpha value is -0.160. The van der Waals surface area contributed by atoms with E-state index in [1.807, 2.05) is 13.8 Å². The van der Waals surface area contributed by atoms with Gasteiger partial charge in [0.05, 0.1) is 24.4 Å². The molecule has 0 spiro atoms. The number of rotatable bonds is 2. The van der Waals surface area contributed by atoms with Crippen molar-refractivity contribution >= 4 is 0 Å².